The van der Waals surface area contributed by atoms with Gasteiger partial charge in [0.1, 0.15) is 11.5 Å². The summed E-state index contributed by atoms with van der Waals surface area (Å²) in [6.45, 7) is 4.04. The summed E-state index contributed by atoms with van der Waals surface area (Å²) in [6.07, 6.45) is 0.830. The number of hydrogen-bond acceptors (Lipinski definition) is 4. The first-order valence-electron chi connectivity index (χ1n) is 12.3. The van der Waals surface area contributed by atoms with Crippen LogP contribution in [0.1, 0.15) is 48.9 Å². The zero-order valence-corrected chi connectivity index (χ0v) is 31.2. The molecular weight excluding hydrogens is 886 g/mol. The molecule has 4 nitrogen and oxygen atoms in total. The molecule has 0 atom stereocenters. The molecule has 4 aromatic carbocycles. The van der Waals surface area contributed by atoms with E-state index in [0.717, 1.165) is 11.1 Å². The van der Waals surface area contributed by atoms with Crippen molar-refractivity contribution in [2.75, 3.05) is 0 Å². The average Bonchev–Trinajstić information content (AvgIpc) is 2.93. The van der Waals surface area contributed by atoms with Gasteiger partial charge in [0, 0.05) is 10.8 Å². The Bertz CT molecular complexity index is 1510. The molecule has 0 fully saturated rings. The molecule has 0 aromatic heterocycles. The number of phenols is 4. The fourth-order valence-electron chi connectivity index (χ4n) is 5.33. The minimum atomic E-state index is -0.912. The smallest absolute Gasteiger partial charge is 0.152 e. The first-order chi connectivity index (χ1) is 19.5. The first kappa shape index (κ1) is 34.0. The summed E-state index contributed by atoms with van der Waals surface area (Å²) in [7, 11) is 0. The Morgan fingerprint density at radius 3 is 1.07 bits per heavy atom. The fraction of sp³-hybridized carbons (Fsp3) is 0.200. The van der Waals surface area contributed by atoms with E-state index in [1.54, 1.807) is 24.3 Å². The van der Waals surface area contributed by atoms with Gasteiger partial charge in [0.05, 0.1) is 38.0 Å². The van der Waals surface area contributed by atoms with Crippen LogP contribution < -0.4 is 0 Å². The van der Waals surface area contributed by atoms with E-state index in [9.17, 15) is 20.4 Å². The monoisotopic (exact) mass is 902 g/mol. The summed E-state index contributed by atoms with van der Waals surface area (Å²) in [5.41, 5.74) is 1.22. The maximum Gasteiger partial charge on any atom is 0.152 e. The predicted molar refractivity (Wildman–Crippen MR) is 185 cm³/mol. The molecule has 4 N–H and O–H groups in total. The lowest BCUT2D eigenvalue weighted by atomic mass is 9.59. The SMILES string of the molecule is CCC(CC(C)(c1cc(Br)c(O)c(Br)c1)c1cc(Br)c(O)c(Br)c1)(c1cc(Cl)c(O)c(Cl)c1)c1cc(Cl)c(O)c(Cl)c1. The normalized spacial score (nSPS) is 12.1. The van der Waals surface area contributed by atoms with Crippen molar-refractivity contribution in [2.24, 2.45) is 0 Å². The second kappa shape index (κ2) is 12.9. The van der Waals surface area contributed by atoms with Crippen LogP contribution in [0.25, 0.3) is 0 Å². The third kappa shape index (κ3) is 6.17. The summed E-state index contributed by atoms with van der Waals surface area (Å²) >= 11 is 39.8. The van der Waals surface area contributed by atoms with Gasteiger partial charge >= 0.3 is 0 Å². The maximum absolute atomic E-state index is 10.6. The number of benzene rings is 4. The topological polar surface area (TPSA) is 80.9 Å². The van der Waals surface area contributed by atoms with Gasteiger partial charge in [-0.15, -0.1) is 0 Å². The van der Waals surface area contributed by atoms with Crippen molar-refractivity contribution < 1.29 is 20.4 Å². The minimum absolute atomic E-state index is 0.0464. The standard InChI is InChI=1S/C30H22Br4Cl4O4/c1-3-30(15-8-21(35)27(41)22(36)9-15,16-10-23(37)28(42)24(38)11-16)12-29(2,13-4-17(31)25(39)18(32)5-13)14-6-19(33)26(40)20(34)7-14/h4-11,39-42H,3,12H2,1-2H3. The quantitative estimate of drug-likeness (QED) is 0.149. The van der Waals surface area contributed by atoms with Gasteiger partial charge in [-0.25, -0.2) is 0 Å². The summed E-state index contributed by atoms with van der Waals surface area (Å²) in [5.74, 6) is -0.390. The van der Waals surface area contributed by atoms with Gasteiger partial charge in [-0.05, 0) is 147 Å². The molecule has 0 saturated carbocycles. The molecule has 0 unspecified atom stereocenters. The van der Waals surface area contributed by atoms with E-state index < -0.39 is 10.8 Å². The van der Waals surface area contributed by atoms with Gasteiger partial charge in [0.25, 0.3) is 0 Å². The molecule has 42 heavy (non-hydrogen) atoms. The molecule has 0 saturated heterocycles. The molecule has 12 heteroatoms. The summed E-state index contributed by atoms with van der Waals surface area (Å²) in [5, 5.41) is 42.2. The molecule has 0 aliphatic carbocycles. The summed E-state index contributed by atoms with van der Waals surface area (Å²) in [6, 6.07) is 14.0. The highest BCUT2D eigenvalue weighted by molar-refractivity contribution is 9.11. The zero-order chi connectivity index (χ0) is 31.3. The van der Waals surface area contributed by atoms with E-state index in [0.29, 0.717) is 41.9 Å². The van der Waals surface area contributed by atoms with E-state index in [1.807, 2.05) is 38.1 Å². The van der Waals surface area contributed by atoms with Crippen molar-refractivity contribution in [3.8, 4) is 23.0 Å². The second-order valence-electron chi connectivity index (χ2n) is 10.1. The lowest BCUT2D eigenvalue weighted by Crippen LogP contribution is -2.38. The third-order valence-electron chi connectivity index (χ3n) is 7.71. The molecule has 0 heterocycles. The van der Waals surface area contributed by atoms with Crippen LogP contribution in [0.2, 0.25) is 20.1 Å². The van der Waals surface area contributed by atoms with Gasteiger partial charge in [-0.1, -0.05) is 60.3 Å². The lowest BCUT2D eigenvalue weighted by molar-refractivity contribution is 0.357. The number of halogens is 8. The van der Waals surface area contributed by atoms with Crippen LogP contribution >= 0.6 is 110 Å². The Balaban J connectivity index is 2.15. The largest absolute Gasteiger partial charge is 0.506 e. The van der Waals surface area contributed by atoms with Gasteiger partial charge in [0.2, 0.25) is 0 Å². The number of rotatable bonds is 7. The maximum atomic E-state index is 10.6. The van der Waals surface area contributed by atoms with E-state index in [-0.39, 0.29) is 43.1 Å². The van der Waals surface area contributed by atoms with Crippen molar-refractivity contribution in [1.29, 1.82) is 0 Å². The molecule has 4 aromatic rings. The Morgan fingerprint density at radius 2 is 0.810 bits per heavy atom. The highest BCUT2D eigenvalue weighted by Crippen LogP contribution is 2.54. The molecular formula is C30H22Br4Cl4O4. The van der Waals surface area contributed by atoms with Crippen LogP contribution in [-0.4, -0.2) is 20.4 Å². The van der Waals surface area contributed by atoms with Crippen LogP contribution in [0.15, 0.2) is 66.4 Å². The predicted octanol–water partition coefficient (Wildman–Crippen LogP) is 12.3. The van der Waals surface area contributed by atoms with Crippen molar-refractivity contribution in [2.45, 2.75) is 37.5 Å². The van der Waals surface area contributed by atoms with Crippen molar-refractivity contribution in [3.63, 3.8) is 0 Å². The number of aromatic hydroxyl groups is 4. The van der Waals surface area contributed by atoms with Gasteiger partial charge < -0.3 is 20.4 Å². The molecule has 0 amide bonds. The number of hydrogen-bond donors (Lipinski definition) is 4. The first-order valence-corrected chi connectivity index (χ1v) is 17.0. The molecule has 0 spiro atoms. The van der Waals surface area contributed by atoms with E-state index in [1.165, 1.54) is 0 Å². The van der Waals surface area contributed by atoms with Gasteiger partial charge in [-0.2, -0.15) is 0 Å². The van der Waals surface area contributed by atoms with Gasteiger partial charge in [0.15, 0.2) is 11.5 Å². The van der Waals surface area contributed by atoms with Crippen LogP contribution in [0.3, 0.4) is 0 Å². The Hall–Kier alpha value is -0.840. The highest BCUT2D eigenvalue weighted by Gasteiger charge is 2.44. The van der Waals surface area contributed by atoms with E-state index in [4.69, 9.17) is 46.4 Å². The molecule has 0 aliphatic rings. The zero-order valence-electron chi connectivity index (χ0n) is 21.8. The minimum Gasteiger partial charge on any atom is -0.506 e. The highest BCUT2D eigenvalue weighted by atomic mass is 79.9. The second-order valence-corrected chi connectivity index (χ2v) is 15.1. The van der Waals surface area contributed by atoms with Crippen molar-refractivity contribution in [3.05, 3.63) is 109 Å². The fourth-order valence-corrected chi connectivity index (χ4v) is 8.68. The van der Waals surface area contributed by atoms with Crippen LogP contribution in [0, 0.1) is 0 Å². The van der Waals surface area contributed by atoms with Crippen LogP contribution in [0.4, 0.5) is 0 Å². The average molecular weight is 908 g/mol. The van der Waals surface area contributed by atoms with E-state index >= 15 is 0 Å². The van der Waals surface area contributed by atoms with E-state index in [2.05, 4.69) is 63.7 Å². The third-order valence-corrected chi connectivity index (χ3v) is 11.3. The van der Waals surface area contributed by atoms with Crippen LogP contribution in [-0.2, 0) is 10.8 Å². The van der Waals surface area contributed by atoms with Crippen molar-refractivity contribution in [1.82, 2.24) is 0 Å². The van der Waals surface area contributed by atoms with Crippen molar-refractivity contribution >= 4 is 110 Å². The molecule has 0 radical (unpaired) electrons. The number of phenolic OH excluding ortho intramolecular Hbond substituents is 4. The Kier molecular flexibility index (Phi) is 10.4. The Labute approximate surface area is 297 Å². The molecule has 4 rings (SSSR count). The summed E-state index contributed by atoms with van der Waals surface area (Å²) in [4.78, 5) is 0. The van der Waals surface area contributed by atoms with Gasteiger partial charge in [-0.3, -0.25) is 0 Å². The lowest BCUT2D eigenvalue weighted by Gasteiger charge is -2.44. The van der Waals surface area contributed by atoms with Crippen LogP contribution in [0.5, 0.6) is 23.0 Å². The molecule has 0 aliphatic heterocycles. The molecule has 0 bridgehead atoms. The Morgan fingerprint density at radius 1 is 0.524 bits per heavy atom. The molecule has 222 valence electrons. The summed E-state index contributed by atoms with van der Waals surface area (Å²) < 4.78 is 1.90.